The highest BCUT2D eigenvalue weighted by atomic mass is 16.5. The van der Waals surface area contributed by atoms with Crippen LogP contribution in [0.3, 0.4) is 0 Å². The summed E-state index contributed by atoms with van der Waals surface area (Å²) in [5.74, 6) is 0.716. The van der Waals surface area contributed by atoms with Gasteiger partial charge in [0.05, 0.1) is 11.2 Å². The van der Waals surface area contributed by atoms with E-state index in [1.165, 1.54) is 32.1 Å². The fourth-order valence-electron chi connectivity index (χ4n) is 3.43. The Morgan fingerprint density at radius 2 is 1.87 bits per heavy atom. The summed E-state index contributed by atoms with van der Waals surface area (Å²) in [5, 5.41) is 3.59. The minimum atomic E-state index is 0.0662. The maximum absolute atomic E-state index is 6.47. The summed E-state index contributed by atoms with van der Waals surface area (Å²) in [4.78, 5) is 0. The van der Waals surface area contributed by atoms with E-state index in [-0.39, 0.29) is 11.2 Å². The highest BCUT2D eigenvalue weighted by Gasteiger charge is 2.44. The fraction of sp³-hybridized carbons (Fsp3) is 1.00. The first-order valence-electron chi connectivity index (χ1n) is 6.45. The lowest BCUT2D eigenvalue weighted by Crippen LogP contribution is -2.58. The molecule has 1 aliphatic carbocycles. The topological polar surface area (TPSA) is 21.3 Å². The number of hydrogen-bond donors (Lipinski definition) is 1. The number of nitrogens with one attached hydrogen (secondary N) is 1. The van der Waals surface area contributed by atoms with Crippen LogP contribution >= 0.6 is 0 Å². The molecule has 2 fully saturated rings. The van der Waals surface area contributed by atoms with Gasteiger partial charge in [0.1, 0.15) is 0 Å². The van der Waals surface area contributed by atoms with Crippen LogP contribution in [-0.4, -0.2) is 24.3 Å². The smallest absolute Gasteiger partial charge is 0.0814 e. The SMILES string of the molecule is CC(C)CC1(C)CNCC2(CCCC2)O1. The Morgan fingerprint density at radius 1 is 1.20 bits per heavy atom. The summed E-state index contributed by atoms with van der Waals surface area (Å²) < 4.78 is 6.47. The molecule has 1 saturated carbocycles. The zero-order valence-corrected chi connectivity index (χ0v) is 10.4. The minimum absolute atomic E-state index is 0.0662. The van der Waals surface area contributed by atoms with Crippen molar-refractivity contribution >= 4 is 0 Å². The Balaban J connectivity index is 2.02. The number of hydrogen-bond acceptors (Lipinski definition) is 2. The molecular weight excluding hydrogens is 186 g/mol. The monoisotopic (exact) mass is 211 g/mol. The molecule has 1 heterocycles. The third kappa shape index (κ3) is 2.54. The minimum Gasteiger partial charge on any atom is -0.366 e. The Kier molecular flexibility index (Phi) is 3.09. The average molecular weight is 211 g/mol. The zero-order valence-electron chi connectivity index (χ0n) is 10.4. The molecule has 1 N–H and O–H groups in total. The first-order valence-corrected chi connectivity index (χ1v) is 6.45. The molecule has 1 aliphatic heterocycles. The molecule has 0 aromatic carbocycles. The maximum atomic E-state index is 6.47. The molecule has 0 bridgehead atoms. The van der Waals surface area contributed by atoms with Crippen molar-refractivity contribution in [3.63, 3.8) is 0 Å². The lowest BCUT2D eigenvalue weighted by atomic mass is 9.89. The summed E-state index contributed by atoms with van der Waals surface area (Å²) in [6, 6.07) is 0. The Labute approximate surface area is 93.8 Å². The van der Waals surface area contributed by atoms with Crippen LogP contribution in [0.2, 0.25) is 0 Å². The lowest BCUT2D eigenvalue weighted by Gasteiger charge is -2.46. The molecule has 1 atom stereocenters. The van der Waals surface area contributed by atoms with Gasteiger partial charge in [-0.05, 0) is 32.1 Å². The zero-order chi connectivity index (χ0) is 10.9. The van der Waals surface area contributed by atoms with Crippen molar-refractivity contribution in [1.82, 2.24) is 5.32 Å². The predicted molar refractivity (Wildman–Crippen MR) is 63.0 cm³/mol. The molecule has 0 radical (unpaired) electrons. The summed E-state index contributed by atoms with van der Waals surface area (Å²) in [5.41, 5.74) is 0.249. The van der Waals surface area contributed by atoms with Gasteiger partial charge >= 0.3 is 0 Å². The fourth-order valence-corrected chi connectivity index (χ4v) is 3.43. The molecule has 1 unspecified atom stereocenters. The average Bonchev–Trinajstić information content (AvgIpc) is 2.50. The van der Waals surface area contributed by atoms with Crippen molar-refractivity contribution in [2.75, 3.05) is 13.1 Å². The van der Waals surface area contributed by atoms with E-state index in [0.29, 0.717) is 5.92 Å². The van der Waals surface area contributed by atoms with E-state index in [0.717, 1.165) is 13.1 Å². The van der Waals surface area contributed by atoms with Crippen LogP contribution in [0.1, 0.15) is 52.9 Å². The van der Waals surface area contributed by atoms with Gasteiger partial charge in [-0.2, -0.15) is 0 Å². The van der Waals surface area contributed by atoms with E-state index < -0.39 is 0 Å². The molecule has 1 spiro atoms. The van der Waals surface area contributed by atoms with Gasteiger partial charge in [-0.25, -0.2) is 0 Å². The van der Waals surface area contributed by atoms with Gasteiger partial charge in [-0.1, -0.05) is 26.7 Å². The Morgan fingerprint density at radius 3 is 2.47 bits per heavy atom. The summed E-state index contributed by atoms with van der Waals surface area (Å²) in [6.07, 6.45) is 6.38. The Bertz CT molecular complexity index is 221. The second-order valence-corrected chi connectivity index (χ2v) is 6.14. The maximum Gasteiger partial charge on any atom is 0.0814 e. The Hall–Kier alpha value is -0.0800. The number of morpholine rings is 1. The van der Waals surface area contributed by atoms with Crippen LogP contribution in [0.15, 0.2) is 0 Å². The van der Waals surface area contributed by atoms with Gasteiger partial charge < -0.3 is 10.1 Å². The molecule has 2 nitrogen and oxygen atoms in total. The van der Waals surface area contributed by atoms with E-state index in [1.807, 2.05) is 0 Å². The second kappa shape index (κ2) is 4.06. The standard InChI is InChI=1S/C13H25NO/c1-11(2)8-12(3)9-14-10-13(15-12)6-4-5-7-13/h11,14H,4-10H2,1-3H3. The third-order valence-electron chi connectivity index (χ3n) is 3.76. The summed E-state index contributed by atoms with van der Waals surface area (Å²) >= 11 is 0. The largest absolute Gasteiger partial charge is 0.366 e. The molecule has 2 rings (SSSR count). The van der Waals surface area contributed by atoms with Crippen molar-refractivity contribution in [3.8, 4) is 0 Å². The highest BCUT2D eigenvalue weighted by molar-refractivity contribution is 4.97. The van der Waals surface area contributed by atoms with E-state index in [4.69, 9.17) is 4.74 Å². The number of rotatable bonds is 2. The van der Waals surface area contributed by atoms with Gasteiger partial charge in [-0.3, -0.25) is 0 Å². The second-order valence-electron chi connectivity index (χ2n) is 6.14. The van der Waals surface area contributed by atoms with Crippen LogP contribution in [0.25, 0.3) is 0 Å². The number of ether oxygens (including phenoxy) is 1. The molecule has 15 heavy (non-hydrogen) atoms. The predicted octanol–water partition coefficient (Wildman–Crippen LogP) is 2.72. The first kappa shape index (κ1) is 11.4. The van der Waals surface area contributed by atoms with Crippen molar-refractivity contribution in [2.24, 2.45) is 5.92 Å². The summed E-state index contributed by atoms with van der Waals surface area (Å²) in [7, 11) is 0. The van der Waals surface area contributed by atoms with Crippen molar-refractivity contribution in [3.05, 3.63) is 0 Å². The van der Waals surface area contributed by atoms with Gasteiger partial charge in [0.2, 0.25) is 0 Å². The molecule has 0 aromatic rings. The summed E-state index contributed by atoms with van der Waals surface area (Å²) in [6.45, 7) is 8.93. The van der Waals surface area contributed by atoms with Crippen molar-refractivity contribution < 1.29 is 4.74 Å². The molecule has 88 valence electrons. The molecule has 1 saturated heterocycles. The normalized spacial score (nSPS) is 35.2. The van der Waals surface area contributed by atoms with Crippen LogP contribution in [0.4, 0.5) is 0 Å². The van der Waals surface area contributed by atoms with Crippen LogP contribution < -0.4 is 5.32 Å². The molecule has 2 aliphatic rings. The van der Waals surface area contributed by atoms with Crippen LogP contribution in [-0.2, 0) is 4.74 Å². The molecule has 0 aromatic heterocycles. The van der Waals surface area contributed by atoms with E-state index in [2.05, 4.69) is 26.1 Å². The molecule has 0 amide bonds. The van der Waals surface area contributed by atoms with Crippen LogP contribution in [0, 0.1) is 5.92 Å². The quantitative estimate of drug-likeness (QED) is 0.758. The van der Waals surface area contributed by atoms with Gasteiger partial charge in [0.15, 0.2) is 0 Å². The van der Waals surface area contributed by atoms with Gasteiger partial charge in [-0.15, -0.1) is 0 Å². The van der Waals surface area contributed by atoms with Crippen LogP contribution in [0.5, 0.6) is 0 Å². The van der Waals surface area contributed by atoms with E-state index in [9.17, 15) is 0 Å². The molecular formula is C13H25NO. The van der Waals surface area contributed by atoms with Gasteiger partial charge in [0.25, 0.3) is 0 Å². The molecule has 2 heteroatoms. The van der Waals surface area contributed by atoms with Crippen molar-refractivity contribution in [1.29, 1.82) is 0 Å². The van der Waals surface area contributed by atoms with Crippen molar-refractivity contribution in [2.45, 2.75) is 64.1 Å². The van der Waals surface area contributed by atoms with E-state index in [1.54, 1.807) is 0 Å². The third-order valence-corrected chi connectivity index (χ3v) is 3.76. The lowest BCUT2D eigenvalue weighted by molar-refractivity contribution is -0.173. The first-order chi connectivity index (χ1) is 7.04. The van der Waals surface area contributed by atoms with E-state index >= 15 is 0 Å². The van der Waals surface area contributed by atoms with Gasteiger partial charge in [0, 0.05) is 13.1 Å². The highest BCUT2D eigenvalue weighted by Crippen LogP contribution is 2.39.